The van der Waals surface area contributed by atoms with E-state index in [0.717, 1.165) is 0 Å². The summed E-state index contributed by atoms with van der Waals surface area (Å²) in [7, 11) is 2.93. The summed E-state index contributed by atoms with van der Waals surface area (Å²) in [5.41, 5.74) is 0.980. The Labute approximate surface area is 200 Å². The first-order valence-electron chi connectivity index (χ1n) is 10.6. The summed E-state index contributed by atoms with van der Waals surface area (Å²) in [6.45, 7) is 0.253. The van der Waals surface area contributed by atoms with Crippen molar-refractivity contribution < 1.29 is 28.5 Å². The number of β-amino-alcohol motifs (C(OH)–C–C–N with tert-alkyl or cyclic N) is 1. The standard InChI is InChI=1S/C23H24ClFN4O5/c1-32-16-8-17-21(23(28-12-27-17)29(24)14-5-3-13(25)4-6-14)19(9-16)34-11-20(33-2)22(31)18-7-15(30)10-26-18/h3-6,8-9,12,15,18,20,26,30H,7,10-11H2,1-2H3/t15-,18+,20?/m0/s1. The van der Waals surface area contributed by atoms with E-state index in [0.29, 0.717) is 46.9 Å². The van der Waals surface area contributed by atoms with Crippen molar-refractivity contribution in [2.75, 3.05) is 31.8 Å². The zero-order chi connectivity index (χ0) is 24.2. The molecule has 2 N–H and O–H groups in total. The number of aromatic nitrogens is 2. The summed E-state index contributed by atoms with van der Waals surface area (Å²) >= 11 is 6.57. The van der Waals surface area contributed by atoms with E-state index < -0.39 is 24.1 Å². The summed E-state index contributed by atoms with van der Waals surface area (Å²) in [5.74, 6) is 0.502. The number of aliphatic hydroxyl groups excluding tert-OH is 1. The molecule has 3 aromatic rings. The minimum Gasteiger partial charge on any atom is -0.497 e. The fraction of sp³-hybridized carbons (Fsp3) is 0.348. The Hall–Kier alpha value is -3.05. The normalized spacial score (nSPS) is 18.6. The van der Waals surface area contributed by atoms with Crippen LogP contribution in [0.2, 0.25) is 0 Å². The number of rotatable bonds is 9. The molecule has 1 unspecified atom stereocenters. The third-order valence-corrected chi connectivity index (χ3v) is 5.93. The monoisotopic (exact) mass is 490 g/mol. The first-order chi connectivity index (χ1) is 16.4. The number of nitrogens with zero attached hydrogens (tertiary/aromatic N) is 3. The lowest BCUT2D eigenvalue weighted by atomic mass is 10.1. The highest BCUT2D eigenvalue weighted by molar-refractivity contribution is 6.30. The number of hydrogen-bond donors (Lipinski definition) is 2. The van der Waals surface area contributed by atoms with Crippen molar-refractivity contribution in [1.82, 2.24) is 15.3 Å². The Balaban J connectivity index is 1.66. The fourth-order valence-electron chi connectivity index (χ4n) is 3.78. The van der Waals surface area contributed by atoms with E-state index >= 15 is 0 Å². The lowest BCUT2D eigenvalue weighted by Gasteiger charge is -2.21. The second-order valence-electron chi connectivity index (χ2n) is 7.76. The van der Waals surface area contributed by atoms with Crippen molar-refractivity contribution >= 4 is 40.0 Å². The summed E-state index contributed by atoms with van der Waals surface area (Å²) in [6.07, 6.45) is 0.215. The van der Waals surface area contributed by atoms with E-state index in [1.165, 1.54) is 49.2 Å². The minimum absolute atomic E-state index is 0.0982. The third kappa shape index (κ3) is 5.05. The quantitative estimate of drug-likeness (QED) is 0.438. The van der Waals surface area contributed by atoms with Crippen molar-refractivity contribution in [3.05, 3.63) is 48.5 Å². The molecule has 2 heterocycles. The van der Waals surface area contributed by atoms with Crippen molar-refractivity contribution in [2.24, 2.45) is 0 Å². The van der Waals surface area contributed by atoms with E-state index in [1.54, 1.807) is 12.1 Å². The van der Waals surface area contributed by atoms with E-state index in [1.807, 2.05) is 0 Å². The van der Waals surface area contributed by atoms with Crippen LogP contribution in [0.15, 0.2) is 42.7 Å². The molecular formula is C23H24ClFN4O5. The average molecular weight is 491 g/mol. The number of carbonyl (C=O) groups is 1. The maximum atomic E-state index is 13.4. The highest BCUT2D eigenvalue weighted by Crippen LogP contribution is 2.39. The zero-order valence-electron chi connectivity index (χ0n) is 18.6. The molecule has 1 aromatic heterocycles. The molecule has 1 saturated heterocycles. The van der Waals surface area contributed by atoms with Crippen LogP contribution in [0.25, 0.3) is 10.9 Å². The molecule has 0 amide bonds. The number of nitrogens with one attached hydrogen (secondary N) is 1. The number of hydrogen-bond acceptors (Lipinski definition) is 9. The minimum atomic E-state index is -0.874. The largest absolute Gasteiger partial charge is 0.497 e. The van der Waals surface area contributed by atoms with Crippen LogP contribution < -0.4 is 19.2 Å². The summed E-state index contributed by atoms with van der Waals surface area (Å²) < 4.78 is 31.4. The molecule has 34 heavy (non-hydrogen) atoms. The molecule has 0 spiro atoms. The first-order valence-corrected chi connectivity index (χ1v) is 10.9. The van der Waals surface area contributed by atoms with Gasteiger partial charge in [0.1, 0.15) is 30.3 Å². The number of benzene rings is 2. The lowest BCUT2D eigenvalue weighted by molar-refractivity contribution is -0.132. The molecular weight excluding hydrogens is 467 g/mol. The second kappa shape index (κ2) is 10.5. The predicted molar refractivity (Wildman–Crippen MR) is 124 cm³/mol. The van der Waals surface area contributed by atoms with Gasteiger partial charge in [0.05, 0.1) is 35.8 Å². The number of methoxy groups -OCH3 is 2. The lowest BCUT2D eigenvalue weighted by Crippen LogP contribution is -2.42. The van der Waals surface area contributed by atoms with Crippen LogP contribution in [0.5, 0.6) is 11.5 Å². The molecule has 0 bridgehead atoms. The Bertz CT molecular complexity index is 1170. The van der Waals surface area contributed by atoms with Crippen LogP contribution in [-0.4, -0.2) is 66.5 Å². The summed E-state index contributed by atoms with van der Waals surface area (Å²) in [5, 5.41) is 13.2. The number of fused-ring (bicyclic) bond motifs is 1. The molecule has 180 valence electrons. The smallest absolute Gasteiger partial charge is 0.181 e. The van der Waals surface area contributed by atoms with Gasteiger partial charge in [-0.3, -0.25) is 4.79 Å². The van der Waals surface area contributed by atoms with Gasteiger partial charge in [-0.05, 0) is 30.7 Å². The Morgan fingerprint density at radius 3 is 2.71 bits per heavy atom. The van der Waals surface area contributed by atoms with Gasteiger partial charge in [0, 0.05) is 37.6 Å². The molecule has 1 aliphatic heterocycles. The second-order valence-corrected chi connectivity index (χ2v) is 8.10. The van der Waals surface area contributed by atoms with E-state index in [9.17, 15) is 14.3 Å². The third-order valence-electron chi connectivity index (χ3n) is 5.57. The van der Waals surface area contributed by atoms with Gasteiger partial charge in [-0.2, -0.15) is 0 Å². The maximum absolute atomic E-state index is 13.4. The molecule has 0 aliphatic carbocycles. The van der Waals surface area contributed by atoms with Crippen molar-refractivity contribution in [3.8, 4) is 11.5 Å². The van der Waals surface area contributed by atoms with Gasteiger partial charge in [0.15, 0.2) is 17.7 Å². The molecule has 0 radical (unpaired) electrons. The Morgan fingerprint density at radius 1 is 1.29 bits per heavy atom. The number of ketones is 1. The first kappa shape index (κ1) is 24.1. The number of anilines is 2. The number of carbonyl (C=O) groups excluding carboxylic acids is 1. The zero-order valence-corrected chi connectivity index (χ0v) is 19.3. The molecule has 1 fully saturated rings. The molecule has 3 atom stereocenters. The van der Waals surface area contributed by atoms with Gasteiger partial charge >= 0.3 is 0 Å². The van der Waals surface area contributed by atoms with Crippen LogP contribution >= 0.6 is 11.8 Å². The number of aliphatic hydroxyl groups is 1. The van der Waals surface area contributed by atoms with Crippen LogP contribution in [-0.2, 0) is 9.53 Å². The predicted octanol–water partition coefficient (Wildman–Crippen LogP) is 2.76. The average Bonchev–Trinajstić information content (AvgIpc) is 3.29. The van der Waals surface area contributed by atoms with Gasteiger partial charge in [-0.25, -0.2) is 18.8 Å². The molecule has 4 rings (SSSR count). The Kier molecular flexibility index (Phi) is 7.42. The molecule has 2 aromatic carbocycles. The van der Waals surface area contributed by atoms with E-state index in [4.69, 9.17) is 26.0 Å². The highest BCUT2D eigenvalue weighted by Gasteiger charge is 2.33. The number of halogens is 2. The van der Waals surface area contributed by atoms with E-state index in [-0.39, 0.29) is 12.4 Å². The van der Waals surface area contributed by atoms with Crippen molar-refractivity contribution in [3.63, 3.8) is 0 Å². The fourth-order valence-corrected chi connectivity index (χ4v) is 4.02. The summed E-state index contributed by atoms with van der Waals surface area (Å²) in [4.78, 5) is 21.4. The molecule has 0 saturated carbocycles. The van der Waals surface area contributed by atoms with Crippen LogP contribution in [0.4, 0.5) is 15.9 Å². The highest BCUT2D eigenvalue weighted by atomic mass is 35.5. The molecule has 1 aliphatic rings. The van der Waals surface area contributed by atoms with Gasteiger partial charge in [0.2, 0.25) is 0 Å². The maximum Gasteiger partial charge on any atom is 0.181 e. The van der Waals surface area contributed by atoms with Gasteiger partial charge < -0.3 is 24.6 Å². The van der Waals surface area contributed by atoms with Gasteiger partial charge in [-0.1, -0.05) is 0 Å². The van der Waals surface area contributed by atoms with Gasteiger partial charge in [-0.15, -0.1) is 0 Å². The van der Waals surface area contributed by atoms with Gasteiger partial charge in [0.25, 0.3) is 0 Å². The van der Waals surface area contributed by atoms with Crippen molar-refractivity contribution in [1.29, 1.82) is 0 Å². The topological polar surface area (TPSA) is 106 Å². The van der Waals surface area contributed by atoms with Crippen molar-refractivity contribution in [2.45, 2.75) is 24.7 Å². The SMILES string of the molecule is COc1cc(OCC(OC)C(=O)[C@H]2C[C@H](O)CN2)c2c(N(Cl)c3ccc(F)cc3)ncnc2c1. The Morgan fingerprint density at radius 2 is 2.06 bits per heavy atom. The number of Topliss-reactive ketones (excluding diaryl/α,β-unsaturated/α-hetero) is 1. The van der Waals surface area contributed by atoms with Crippen LogP contribution in [0, 0.1) is 5.82 Å². The number of ether oxygens (including phenoxy) is 3. The van der Waals surface area contributed by atoms with Crippen LogP contribution in [0.1, 0.15) is 6.42 Å². The molecule has 11 heteroatoms. The summed E-state index contributed by atoms with van der Waals surface area (Å²) in [6, 6.07) is 8.44. The van der Waals surface area contributed by atoms with E-state index in [2.05, 4.69) is 15.3 Å². The van der Waals surface area contributed by atoms with Crippen LogP contribution in [0.3, 0.4) is 0 Å². The molecule has 9 nitrogen and oxygen atoms in total.